The summed E-state index contributed by atoms with van der Waals surface area (Å²) in [5.74, 6) is 0.0536. The molecule has 8 nitrogen and oxygen atoms in total. The maximum atomic E-state index is 12.9. The van der Waals surface area contributed by atoms with Gasteiger partial charge in [0.1, 0.15) is 11.6 Å². The maximum absolute atomic E-state index is 12.9. The van der Waals surface area contributed by atoms with Gasteiger partial charge in [-0.05, 0) is 52.0 Å². The van der Waals surface area contributed by atoms with Gasteiger partial charge in [0.15, 0.2) is 0 Å². The summed E-state index contributed by atoms with van der Waals surface area (Å²) in [5.41, 5.74) is 1.13. The van der Waals surface area contributed by atoms with Crippen molar-refractivity contribution in [3.63, 3.8) is 0 Å². The number of methoxy groups -OCH3 is 1. The Kier molecular flexibility index (Phi) is 5.28. The van der Waals surface area contributed by atoms with Crippen molar-refractivity contribution in [1.82, 2.24) is 9.47 Å². The second-order valence-electron chi connectivity index (χ2n) is 9.65. The van der Waals surface area contributed by atoms with Gasteiger partial charge in [-0.2, -0.15) is 0 Å². The summed E-state index contributed by atoms with van der Waals surface area (Å²) in [5, 5.41) is 0. The lowest BCUT2D eigenvalue weighted by Gasteiger charge is -2.43. The summed E-state index contributed by atoms with van der Waals surface area (Å²) in [7, 11) is 1.40. The van der Waals surface area contributed by atoms with Crippen LogP contribution in [0, 0.1) is 5.92 Å². The molecule has 0 spiro atoms. The highest BCUT2D eigenvalue weighted by atomic mass is 16.6. The molecule has 1 aromatic heterocycles. The highest BCUT2D eigenvalue weighted by Crippen LogP contribution is 2.37. The van der Waals surface area contributed by atoms with E-state index in [1.807, 2.05) is 36.3 Å². The van der Waals surface area contributed by atoms with E-state index in [1.165, 1.54) is 7.11 Å². The van der Waals surface area contributed by atoms with Crippen LogP contribution in [0.1, 0.15) is 51.6 Å². The third-order valence-electron chi connectivity index (χ3n) is 6.25. The average molecular weight is 418 g/mol. The average Bonchev–Trinajstić information content (AvgIpc) is 3.16. The van der Waals surface area contributed by atoms with Gasteiger partial charge in [0.2, 0.25) is 0 Å². The molecule has 0 radical (unpaired) electrons. The summed E-state index contributed by atoms with van der Waals surface area (Å²) in [6.07, 6.45) is 2.26. The van der Waals surface area contributed by atoms with E-state index < -0.39 is 5.60 Å². The molecule has 0 N–H and O–H groups in total. The van der Waals surface area contributed by atoms with E-state index in [1.54, 1.807) is 11.0 Å². The number of anilines is 1. The number of aromatic nitrogens is 1. The molecule has 0 aromatic carbocycles. The molecule has 2 fully saturated rings. The Morgan fingerprint density at radius 1 is 1.13 bits per heavy atom. The van der Waals surface area contributed by atoms with Crippen LogP contribution in [0.15, 0.2) is 16.9 Å². The second kappa shape index (κ2) is 7.63. The molecule has 1 amide bonds. The van der Waals surface area contributed by atoms with Gasteiger partial charge in [0, 0.05) is 49.5 Å². The maximum Gasteiger partial charge on any atom is 0.410 e. The van der Waals surface area contributed by atoms with Crippen molar-refractivity contribution in [2.24, 2.45) is 5.92 Å². The first kappa shape index (κ1) is 20.8. The van der Waals surface area contributed by atoms with Crippen LogP contribution in [-0.2, 0) is 20.8 Å². The third kappa shape index (κ3) is 3.91. The number of rotatable bonds is 2. The van der Waals surface area contributed by atoms with E-state index in [0.29, 0.717) is 19.6 Å². The largest absolute Gasteiger partial charge is 0.467 e. The van der Waals surface area contributed by atoms with Crippen LogP contribution < -0.4 is 10.5 Å². The highest BCUT2D eigenvalue weighted by Gasteiger charge is 2.39. The molecule has 0 aliphatic carbocycles. The predicted molar refractivity (Wildman–Crippen MR) is 112 cm³/mol. The van der Waals surface area contributed by atoms with Crippen molar-refractivity contribution < 1.29 is 19.1 Å². The zero-order chi connectivity index (χ0) is 21.6. The van der Waals surface area contributed by atoms with Gasteiger partial charge in [0.05, 0.1) is 7.11 Å². The Hall–Kier alpha value is -2.51. The van der Waals surface area contributed by atoms with Gasteiger partial charge >= 0.3 is 12.1 Å². The number of likely N-dealkylation sites (tertiary alicyclic amines) is 1. The zero-order valence-electron chi connectivity index (χ0n) is 18.2. The van der Waals surface area contributed by atoms with E-state index in [0.717, 1.165) is 37.2 Å². The minimum atomic E-state index is -0.537. The van der Waals surface area contributed by atoms with Crippen LogP contribution >= 0.6 is 0 Å². The molecule has 0 saturated carbocycles. The Morgan fingerprint density at radius 3 is 2.60 bits per heavy atom. The van der Waals surface area contributed by atoms with Crippen LogP contribution in [0.4, 0.5) is 10.5 Å². The molecule has 8 heteroatoms. The van der Waals surface area contributed by atoms with Gasteiger partial charge in [-0.25, -0.2) is 9.59 Å². The van der Waals surface area contributed by atoms with E-state index in [4.69, 9.17) is 9.47 Å². The number of amides is 1. The number of nitrogens with zero attached hydrogens (tertiary/aromatic N) is 3. The number of fused-ring (bicyclic) bond motifs is 4. The Balaban J connectivity index is 1.62. The minimum absolute atomic E-state index is 0.0431. The number of carbonyl (C=O) groups is 2. The smallest absolute Gasteiger partial charge is 0.410 e. The monoisotopic (exact) mass is 417 g/mol. The first-order valence-electron chi connectivity index (χ1n) is 10.7. The summed E-state index contributed by atoms with van der Waals surface area (Å²) in [4.78, 5) is 41.5. The van der Waals surface area contributed by atoms with Crippen LogP contribution in [-0.4, -0.2) is 59.9 Å². The molecule has 3 atom stereocenters. The number of carbonyl (C=O) groups excluding carboxylic acids is 2. The quantitative estimate of drug-likeness (QED) is 0.687. The van der Waals surface area contributed by atoms with Crippen molar-refractivity contribution in [3.8, 4) is 0 Å². The van der Waals surface area contributed by atoms with Crippen molar-refractivity contribution >= 4 is 17.7 Å². The van der Waals surface area contributed by atoms with Gasteiger partial charge in [-0.15, -0.1) is 0 Å². The third-order valence-corrected chi connectivity index (χ3v) is 6.25. The predicted octanol–water partition coefficient (Wildman–Crippen LogP) is 2.34. The summed E-state index contributed by atoms with van der Waals surface area (Å²) < 4.78 is 12.4. The Morgan fingerprint density at radius 2 is 1.90 bits per heavy atom. The van der Waals surface area contributed by atoms with E-state index in [9.17, 15) is 14.4 Å². The Labute approximate surface area is 176 Å². The van der Waals surface area contributed by atoms with Crippen LogP contribution in [0.25, 0.3) is 0 Å². The molecule has 3 aliphatic rings. The summed E-state index contributed by atoms with van der Waals surface area (Å²) >= 11 is 0. The number of hydrogen-bond donors (Lipinski definition) is 0. The summed E-state index contributed by atoms with van der Waals surface area (Å²) in [6, 6.07) is 3.32. The van der Waals surface area contributed by atoms with Gasteiger partial charge in [-0.1, -0.05) is 0 Å². The first-order valence-corrected chi connectivity index (χ1v) is 10.7. The topological polar surface area (TPSA) is 81.1 Å². The Bertz CT molecular complexity index is 903. The highest BCUT2D eigenvalue weighted by molar-refractivity contribution is 5.80. The van der Waals surface area contributed by atoms with Crippen LogP contribution in [0.3, 0.4) is 0 Å². The van der Waals surface area contributed by atoms with Crippen LogP contribution in [0.5, 0.6) is 0 Å². The van der Waals surface area contributed by atoms with Gasteiger partial charge < -0.3 is 23.8 Å². The second-order valence-corrected chi connectivity index (χ2v) is 9.65. The SMILES string of the molecule is COC(=O)[C@@H]1CCCN1c1cc2n(c(=O)c1)CC1C[C@H]2CN(C(=O)OC(C)(C)C)C1. The van der Waals surface area contributed by atoms with Crippen molar-refractivity contribution in [3.05, 3.63) is 28.2 Å². The van der Waals surface area contributed by atoms with E-state index in [-0.39, 0.29) is 35.5 Å². The molecular formula is C22H31N3O5. The molecule has 1 unspecified atom stereocenters. The molecule has 2 saturated heterocycles. The summed E-state index contributed by atoms with van der Waals surface area (Å²) in [6.45, 7) is 8.06. The van der Waals surface area contributed by atoms with Gasteiger partial charge in [-0.3, -0.25) is 4.79 Å². The molecule has 1 aromatic rings. The number of pyridine rings is 1. The number of esters is 1. The molecule has 4 heterocycles. The number of hydrogen-bond acceptors (Lipinski definition) is 6. The van der Waals surface area contributed by atoms with Gasteiger partial charge in [0.25, 0.3) is 5.56 Å². The zero-order valence-corrected chi connectivity index (χ0v) is 18.2. The molecular weight excluding hydrogens is 386 g/mol. The van der Waals surface area contributed by atoms with Crippen molar-refractivity contribution in [2.75, 3.05) is 31.6 Å². The van der Waals surface area contributed by atoms with E-state index >= 15 is 0 Å². The standard InChI is InChI=1S/C22H31N3O5/c1-22(2,3)30-21(28)23-11-14-8-15(13-23)18-9-16(10-19(26)25(18)12-14)24-7-5-6-17(24)20(27)29-4/h9-10,14-15,17H,5-8,11-13H2,1-4H3/t14?,15-,17-/m0/s1. The van der Waals surface area contributed by atoms with E-state index in [2.05, 4.69) is 0 Å². The normalized spacial score (nSPS) is 25.7. The van der Waals surface area contributed by atoms with Crippen molar-refractivity contribution in [2.45, 2.75) is 64.1 Å². The lowest BCUT2D eigenvalue weighted by Crippen LogP contribution is -2.50. The molecule has 2 bridgehead atoms. The fourth-order valence-corrected chi connectivity index (χ4v) is 5.04. The fraction of sp³-hybridized carbons (Fsp3) is 0.682. The van der Waals surface area contributed by atoms with Crippen molar-refractivity contribution in [1.29, 1.82) is 0 Å². The molecule has 164 valence electrons. The minimum Gasteiger partial charge on any atom is -0.467 e. The fourth-order valence-electron chi connectivity index (χ4n) is 5.04. The molecule has 3 aliphatic heterocycles. The number of piperidine rings is 1. The lowest BCUT2D eigenvalue weighted by atomic mass is 9.83. The lowest BCUT2D eigenvalue weighted by molar-refractivity contribution is -0.141. The molecule has 30 heavy (non-hydrogen) atoms. The van der Waals surface area contributed by atoms with Crippen LogP contribution in [0.2, 0.25) is 0 Å². The molecule has 4 rings (SSSR count). The first-order chi connectivity index (χ1) is 14.2. The number of ether oxygens (including phenoxy) is 2.